The number of carbonyl (C=O) groups is 2. The van der Waals surface area contributed by atoms with Gasteiger partial charge in [0.1, 0.15) is 0 Å². The van der Waals surface area contributed by atoms with Crippen LogP contribution in [-0.4, -0.2) is 56.3 Å². The smallest absolute Gasteiger partial charge is 0.256 e. The van der Waals surface area contributed by atoms with Crippen LogP contribution in [-0.2, 0) is 20.4 Å². The first-order valence-electron chi connectivity index (χ1n) is 12.9. The van der Waals surface area contributed by atoms with Crippen molar-refractivity contribution in [2.75, 3.05) is 31.5 Å². The van der Waals surface area contributed by atoms with E-state index < -0.39 is 9.84 Å². The highest BCUT2D eigenvalue weighted by molar-refractivity contribution is 7.90. The Hall–Kier alpha value is -3.40. The van der Waals surface area contributed by atoms with Gasteiger partial charge in [-0.1, -0.05) is 37.6 Å². The van der Waals surface area contributed by atoms with Crippen molar-refractivity contribution in [1.29, 1.82) is 0 Å². The molecule has 0 aliphatic carbocycles. The summed E-state index contributed by atoms with van der Waals surface area (Å²) in [6, 6.07) is 11.3. The molecular formula is C29H33ClN4O4S. The Balaban J connectivity index is 1.61. The monoisotopic (exact) mass is 568 g/mol. The van der Waals surface area contributed by atoms with E-state index in [1.165, 1.54) is 12.1 Å². The molecule has 8 nitrogen and oxygen atoms in total. The van der Waals surface area contributed by atoms with Crippen LogP contribution in [0, 0.1) is 13.8 Å². The predicted octanol–water partition coefficient (Wildman–Crippen LogP) is 4.82. The van der Waals surface area contributed by atoms with E-state index in [0.29, 0.717) is 56.5 Å². The summed E-state index contributed by atoms with van der Waals surface area (Å²) in [6.07, 6.45) is 1.67. The van der Waals surface area contributed by atoms with Crippen molar-refractivity contribution in [3.05, 3.63) is 81.1 Å². The molecule has 10 heteroatoms. The quantitative estimate of drug-likeness (QED) is 0.304. The van der Waals surface area contributed by atoms with Crippen LogP contribution in [0.25, 0.3) is 11.6 Å². The number of H-pyrrole nitrogens is 1. The number of hydrogen-bond acceptors (Lipinski definition) is 5. The molecule has 0 saturated heterocycles. The van der Waals surface area contributed by atoms with Crippen molar-refractivity contribution in [3.63, 3.8) is 0 Å². The number of anilines is 1. The molecule has 4 rings (SSSR count). The molecule has 2 heterocycles. The molecule has 39 heavy (non-hydrogen) atoms. The Morgan fingerprint density at radius 2 is 1.85 bits per heavy atom. The van der Waals surface area contributed by atoms with E-state index in [1.807, 2.05) is 13.8 Å². The zero-order chi connectivity index (χ0) is 28.3. The van der Waals surface area contributed by atoms with Gasteiger partial charge in [-0.3, -0.25) is 9.59 Å². The topological polar surface area (TPSA) is 111 Å². The van der Waals surface area contributed by atoms with Crippen molar-refractivity contribution in [2.24, 2.45) is 0 Å². The SMILES string of the molecule is CCN(CC)CCNC(=O)c1c(C)[nH]c(/C=C2\C(=O)Nc3ccc(S(=O)(=O)Cc4cccc(Cl)c4)cc32)c1C. The van der Waals surface area contributed by atoms with E-state index in [-0.39, 0.29) is 22.5 Å². The van der Waals surface area contributed by atoms with Crippen molar-refractivity contribution in [1.82, 2.24) is 15.2 Å². The Morgan fingerprint density at radius 1 is 1.10 bits per heavy atom. The third-order valence-corrected chi connectivity index (χ3v) is 8.90. The van der Waals surface area contributed by atoms with Gasteiger partial charge in [0.2, 0.25) is 0 Å². The molecule has 0 radical (unpaired) electrons. The number of halogens is 1. The lowest BCUT2D eigenvalue weighted by molar-refractivity contribution is -0.110. The molecule has 1 aliphatic heterocycles. The Bertz CT molecular complexity index is 1560. The molecule has 3 N–H and O–H groups in total. The Labute approximate surface area is 234 Å². The summed E-state index contributed by atoms with van der Waals surface area (Å²) in [5, 5.41) is 6.25. The average molecular weight is 569 g/mol. The number of fused-ring (bicyclic) bond motifs is 1. The van der Waals surface area contributed by atoms with Crippen LogP contribution in [0.5, 0.6) is 0 Å². The number of benzene rings is 2. The molecule has 1 aliphatic rings. The summed E-state index contributed by atoms with van der Waals surface area (Å²) in [5.41, 5.74) is 4.48. The van der Waals surface area contributed by atoms with Crippen molar-refractivity contribution >= 4 is 50.6 Å². The second-order valence-electron chi connectivity index (χ2n) is 9.55. The van der Waals surface area contributed by atoms with Crippen LogP contribution < -0.4 is 10.6 Å². The number of nitrogens with zero attached hydrogens (tertiary/aromatic N) is 1. The van der Waals surface area contributed by atoms with Crippen LogP contribution in [0.15, 0.2) is 47.4 Å². The summed E-state index contributed by atoms with van der Waals surface area (Å²) in [7, 11) is -3.70. The first-order chi connectivity index (χ1) is 18.5. The molecule has 1 aromatic heterocycles. The second kappa shape index (κ2) is 11.8. The summed E-state index contributed by atoms with van der Waals surface area (Å²) >= 11 is 6.03. The lowest BCUT2D eigenvalue weighted by atomic mass is 10.0. The lowest BCUT2D eigenvalue weighted by Crippen LogP contribution is -2.35. The van der Waals surface area contributed by atoms with E-state index in [0.717, 1.165) is 19.6 Å². The number of carbonyl (C=O) groups excluding carboxylic acids is 2. The number of aromatic nitrogens is 1. The summed E-state index contributed by atoms with van der Waals surface area (Å²) in [4.78, 5) is 31.4. The zero-order valence-electron chi connectivity index (χ0n) is 22.5. The molecule has 2 amide bonds. The van der Waals surface area contributed by atoms with Gasteiger partial charge in [0.15, 0.2) is 9.84 Å². The molecule has 0 saturated carbocycles. The Kier molecular flexibility index (Phi) is 8.64. The minimum Gasteiger partial charge on any atom is -0.358 e. The zero-order valence-corrected chi connectivity index (χ0v) is 24.1. The Morgan fingerprint density at radius 3 is 2.54 bits per heavy atom. The molecule has 0 spiro atoms. The highest BCUT2D eigenvalue weighted by Gasteiger charge is 2.28. The van der Waals surface area contributed by atoms with Crippen LogP contribution in [0.4, 0.5) is 5.69 Å². The molecular weight excluding hydrogens is 536 g/mol. The van der Waals surface area contributed by atoms with E-state index in [4.69, 9.17) is 11.6 Å². The maximum Gasteiger partial charge on any atom is 0.256 e. The van der Waals surface area contributed by atoms with Gasteiger partial charge in [-0.05, 0) is 74.5 Å². The number of aromatic amines is 1. The summed E-state index contributed by atoms with van der Waals surface area (Å²) in [6.45, 7) is 10.9. The summed E-state index contributed by atoms with van der Waals surface area (Å²) < 4.78 is 26.4. The first-order valence-corrected chi connectivity index (χ1v) is 14.9. The van der Waals surface area contributed by atoms with E-state index in [9.17, 15) is 18.0 Å². The minimum atomic E-state index is -3.70. The highest BCUT2D eigenvalue weighted by Crippen LogP contribution is 2.36. The van der Waals surface area contributed by atoms with Gasteiger partial charge in [0.25, 0.3) is 11.8 Å². The maximum absolute atomic E-state index is 13.2. The van der Waals surface area contributed by atoms with Gasteiger partial charge in [-0.15, -0.1) is 0 Å². The number of hydrogen-bond donors (Lipinski definition) is 3. The fourth-order valence-corrected chi connectivity index (χ4v) is 6.36. The highest BCUT2D eigenvalue weighted by atomic mass is 35.5. The largest absolute Gasteiger partial charge is 0.358 e. The molecule has 0 bridgehead atoms. The molecule has 3 aromatic rings. The second-order valence-corrected chi connectivity index (χ2v) is 12.0. The normalized spacial score (nSPS) is 14.1. The van der Waals surface area contributed by atoms with Gasteiger partial charge < -0.3 is 20.5 Å². The van der Waals surface area contributed by atoms with E-state index in [1.54, 1.807) is 36.4 Å². The molecule has 0 atom stereocenters. The molecule has 2 aromatic carbocycles. The van der Waals surface area contributed by atoms with Crippen LogP contribution in [0.1, 0.15) is 52.3 Å². The number of aryl methyl sites for hydroxylation is 1. The van der Waals surface area contributed by atoms with E-state index in [2.05, 4.69) is 34.4 Å². The van der Waals surface area contributed by atoms with Gasteiger partial charge in [-0.25, -0.2) is 8.42 Å². The number of likely N-dealkylation sites (N-methyl/N-ethyl adjacent to an activating group) is 1. The van der Waals surface area contributed by atoms with Crippen LogP contribution in [0.2, 0.25) is 5.02 Å². The molecule has 0 unspecified atom stereocenters. The van der Waals surface area contributed by atoms with Gasteiger partial charge in [-0.2, -0.15) is 0 Å². The van der Waals surface area contributed by atoms with Crippen molar-refractivity contribution in [3.8, 4) is 0 Å². The lowest BCUT2D eigenvalue weighted by Gasteiger charge is -2.18. The van der Waals surface area contributed by atoms with E-state index >= 15 is 0 Å². The fraction of sp³-hybridized carbons (Fsp3) is 0.310. The predicted molar refractivity (Wildman–Crippen MR) is 156 cm³/mol. The third kappa shape index (κ3) is 6.27. The number of amides is 2. The van der Waals surface area contributed by atoms with Crippen molar-refractivity contribution in [2.45, 2.75) is 38.3 Å². The van der Waals surface area contributed by atoms with Crippen LogP contribution >= 0.6 is 11.6 Å². The van der Waals surface area contributed by atoms with Crippen LogP contribution in [0.3, 0.4) is 0 Å². The fourth-order valence-electron chi connectivity index (χ4n) is 4.79. The standard InChI is InChI=1S/C29H33ClN4O4S/c1-5-34(6-2)13-12-31-29(36)27-18(3)26(32-19(27)4)16-24-23-15-22(10-11-25(23)33-28(24)35)39(37,38)17-20-8-7-9-21(30)14-20/h7-11,14-16,32H,5-6,12-13,17H2,1-4H3,(H,31,36)(H,33,35)/b24-16-. The van der Waals surface area contributed by atoms with Gasteiger partial charge in [0.05, 0.1) is 21.8 Å². The first kappa shape index (κ1) is 28.6. The maximum atomic E-state index is 13.2. The van der Waals surface area contributed by atoms with Gasteiger partial charge >= 0.3 is 0 Å². The summed E-state index contributed by atoms with van der Waals surface area (Å²) in [5.74, 6) is -0.732. The van der Waals surface area contributed by atoms with Crippen molar-refractivity contribution < 1.29 is 18.0 Å². The van der Waals surface area contributed by atoms with Gasteiger partial charge in [0, 0.05) is 40.8 Å². The number of sulfone groups is 1. The number of rotatable bonds is 10. The minimum absolute atomic E-state index is 0.108. The average Bonchev–Trinajstić information content (AvgIpc) is 3.35. The third-order valence-electron chi connectivity index (χ3n) is 6.98. The molecule has 0 fully saturated rings. The molecule has 206 valence electrons. The number of nitrogens with one attached hydrogen (secondary N) is 3.